The number of benzene rings is 1. The Hall–Kier alpha value is -0.710. The molecular weight excluding hydrogens is 246 g/mol. The second-order valence-corrected chi connectivity index (χ2v) is 7.75. The summed E-state index contributed by atoms with van der Waals surface area (Å²) in [4.78, 5) is 0. The van der Waals surface area contributed by atoms with E-state index in [0.29, 0.717) is 0 Å². The third kappa shape index (κ3) is 2.99. The van der Waals surface area contributed by atoms with Crippen molar-refractivity contribution in [1.82, 2.24) is 4.72 Å². The molecule has 0 bridgehead atoms. The lowest BCUT2D eigenvalue weighted by atomic mass is 9.98. The fourth-order valence-corrected chi connectivity index (χ4v) is 2.85. The Morgan fingerprint density at radius 3 is 2.67 bits per heavy atom. The molecule has 0 amide bonds. The summed E-state index contributed by atoms with van der Waals surface area (Å²) in [6.45, 7) is 7.98. The molecule has 100 valence electrons. The van der Waals surface area contributed by atoms with Gasteiger partial charge in [0.25, 0.3) is 0 Å². The summed E-state index contributed by atoms with van der Waals surface area (Å²) in [7, 11) is 0. The minimum absolute atomic E-state index is 0.102. The largest absolute Gasteiger partial charge is 0.598 e. The van der Waals surface area contributed by atoms with Gasteiger partial charge in [0, 0.05) is 23.3 Å². The van der Waals surface area contributed by atoms with Crippen LogP contribution in [0.4, 0.5) is 0 Å². The molecule has 0 aromatic heterocycles. The van der Waals surface area contributed by atoms with Crippen molar-refractivity contribution in [2.24, 2.45) is 0 Å². The Labute approximate surface area is 112 Å². The molecule has 1 aliphatic heterocycles. The lowest BCUT2D eigenvalue weighted by molar-refractivity contribution is 0.173. The van der Waals surface area contributed by atoms with Gasteiger partial charge in [-0.3, -0.25) is 0 Å². The maximum absolute atomic E-state index is 12.2. The zero-order valence-corrected chi connectivity index (χ0v) is 12.2. The zero-order valence-electron chi connectivity index (χ0n) is 11.4. The first-order valence-electron chi connectivity index (χ1n) is 6.31. The summed E-state index contributed by atoms with van der Waals surface area (Å²) in [6.07, 6.45) is 0.994. The van der Waals surface area contributed by atoms with Crippen molar-refractivity contribution in [1.29, 1.82) is 0 Å². The summed E-state index contributed by atoms with van der Waals surface area (Å²) in [5.41, 5.74) is 1.10. The Balaban J connectivity index is 2.19. The third-order valence-electron chi connectivity index (χ3n) is 3.00. The van der Waals surface area contributed by atoms with Crippen LogP contribution >= 0.6 is 0 Å². The van der Waals surface area contributed by atoms with Crippen LogP contribution in [0.3, 0.4) is 0 Å². The highest BCUT2D eigenvalue weighted by Crippen LogP contribution is 2.35. The van der Waals surface area contributed by atoms with Gasteiger partial charge in [0.1, 0.15) is 10.5 Å². The lowest BCUT2D eigenvalue weighted by Crippen LogP contribution is -2.43. The maximum Gasteiger partial charge on any atom is 0.136 e. The number of hydrogen-bond donors (Lipinski definition) is 1. The van der Waals surface area contributed by atoms with Crippen molar-refractivity contribution in [2.45, 2.75) is 51.0 Å². The summed E-state index contributed by atoms with van der Waals surface area (Å²) in [5.74, 6) is 0.902. The number of rotatable bonds is 2. The van der Waals surface area contributed by atoms with Crippen LogP contribution in [0.2, 0.25) is 0 Å². The molecule has 0 saturated carbocycles. The van der Waals surface area contributed by atoms with Gasteiger partial charge < -0.3 is 9.29 Å². The molecule has 0 saturated heterocycles. The molecule has 18 heavy (non-hydrogen) atoms. The number of fused-ring (bicyclic) bond motifs is 1. The van der Waals surface area contributed by atoms with Gasteiger partial charge in [-0.1, -0.05) is 18.2 Å². The van der Waals surface area contributed by atoms with Gasteiger partial charge in [0.05, 0.1) is 12.1 Å². The molecule has 4 heteroatoms. The van der Waals surface area contributed by atoms with Gasteiger partial charge in [-0.2, -0.15) is 0 Å². The zero-order chi connectivity index (χ0) is 13.3. The van der Waals surface area contributed by atoms with E-state index in [1.165, 1.54) is 0 Å². The van der Waals surface area contributed by atoms with E-state index >= 15 is 0 Å². The van der Waals surface area contributed by atoms with E-state index in [2.05, 4.69) is 4.72 Å². The van der Waals surface area contributed by atoms with Crippen molar-refractivity contribution in [3.8, 4) is 5.75 Å². The standard InChI is InChI=1S/C14H21NO2S/c1-10-9-12(15-18(16)14(2,3)4)11-7-5-6-8-13(11)17-10/h5-8,10,12,15H,9H2,1-4H3/t10-,12+,18?/m1/s1. The molecule has 1 aliphatic rings. The van der Waals surface area contributed by atoms with Crippen LogP contribution in [0.15, 0.2) is 24.3 Å². The van der Waals surface area contributed by atoms with Crippen LogP contribution in [0.5, 0.6) is 5.75 Å². The molecule has 1 aromatic carbocycles. The molecule has 1 heterocycles. The summed E-state index contributed by atoms with van der Waals surface area (Å²) in [6, 6.07) is 8.07. The van der Waals surface area contributed by atoms with Crippen molar-refractivity contribution < 1.29 is 9.29 Å². The Morgan fingerprint density at radius 1 is 1.33 bits per heavy atom. The van der Waals surface area contributed by atoms with Crippen molar-refractivity contribution >= 4 is 11.4 Å². The first-order valence-corrected chi connectivity index (χ1v) is 7.46. The van der Waals surface area contributed by atoms with Gasteiger partial charge in [-0.15, -0.1) is 4.72 Å². The first kappa shape index (κ1) is 13.7. The highest BCUT2D eigenvalue weighted by Gasteiger charge is 2.33. The third-order valence-corrected chi connectivity index (χ3v) is 4.61. The SMILES string of the molecule is C[C@@H]1C[C@H](N[S+]([O-])C(C)(C)C)c2ccccc2O1. The van der Waals surface area contributed by atoms with E-state index in [1.54, 1.807) is 0 Å². The van der Waals surface area contributed by atoms with E-state index in [0.717, 1.165) is 17.7 Å². The fourth-order valence-electron chi connectivity index (χ4n) is 2.02. The second kappa shape index (κ2) is 5.11. The summed E-state index contributed by atoms with van der Waals surface area (Å²) in [5, 5.41) is 0. The second-order valence-electron chi connectivity index (χ2n) is 5.75. The van der Waals surface area contributed by atoms with Gasteiger partial charge in [0.15, 0.2) is 0 Å². The number of para-hydroxylation sites is 1. The smallest absolute Gasteiger partial charge is 0.136 e. The molecule has 1 N–H and O–H groups in total. The summed E-state index contributed by atoms with van der Waals surface area (Å²) < 4.78 is 21.0. The Kier molecular flexibility index (Phi) is 3.90. The normalized spacial score (nSPS) is 25.2. The van der Waals surface area contributed by atoms with Crippen LogP contribution in [0, 0.1) is 0 Å². The van der Waals surface area contributed by atoms with Gasteiger partial charge in [-0.25, -0.2) is 0 Å². The van der Waals surface area contributed by atoms with Gasteiger partial charge >= 0.3 is 0 Å². The molecule has 0 aliphatic carbocycles. The van der Waals surface area contributed by atoms with E-state index in [9.17, 15) is 4.55 Å². The highest BCUT2D eigenvalue weighted by atomic mass is 32.2. The fraction of sp³-hybridized carbons (Fsp3) is 0.571. The molecule has 3 nitrogen and oxygen atoms in total. The predicted octanol–water partition coefficient (Wildman–Crippen LogP) is 2.95. The van der Waals surface area contributed by atoms with Crippen LogP contribution in [0.25, 0.3) is 0 Å². The van der Waals surface area contributed by atoms with Crippen LogP contribution in [0.1, 0.15) is 45.7 Å². The van der Waals surface area contributed by atoms with Crippen molar-refractivity contribution in [2.75, 3.05) is 0 Å². The lowest BCUT2D eigenvalue weighted by Gasteiger charge is -2.33. The monoisotopic (exact) mass is 267 g/mol. The molecule has 3 atom stereocenters. The summed E-state index contributed by atoms with van der Waals surface area (Å²) >= 11 is -1.06. The first-order chi connectivity index (χ1) is 8.38. The van der Waals surface area contributed by atoms with Gasteiger partial charge in [-0.05, 0) is 33.8 Å². The molecular formula is C14H21NO2S. The average molecular weight is 267 g/mol. The van der Waals surface area contributed by atoms with E-state index < -0.39 is 11.4 Å². The topological polar surface area (TPSA) is 44.3 Å². The maximum atomic E-state index is 12.2. The molecule has 0 radical (unpaired) electrons. The minimum atomic E-state index is -1.06. The number of ether oxygens (including phenoxy) is 1. The Bertz CT molecular complexity index is 417. The van der Waals surface area contributed by atoms with E-state index in [4.69, 9.17) is 4.74 Å². The predicted molar refractivity (Wildman–Crippen MR) is 74.9 cm³/mol. The van der Waals surface area contributed by atoms with Crippen LogP contribution < -0.4 is 9.46 Å². The number of nitrogens with one attached hydrogen (secondary N) is 1. The number of hydrogen-bond acceptors (Lipinski definition) is 3. The minimum Gasteiger partial charge on any atom is -0.598 e. The molecule has 1 unspecified atom stereocenters. The van der Waals surface area contributed by atoms with Crippen LogP contribution in [-0.2, 0) is 11.4 Å². The Morgan fingerprint density at radius 2 is 2.00 bits per heavy atom. The van der Waals surface area contributed by atoms with Crippen molar-refractivity contribution in [3.63, 3.8) is 0 Å². The molecule has 1 aromatic rings. The van der Waals surface area contributed by atoms with Crippen molar-refractivity contribution in [3.05, 3.63) is 29.8 Å². The molecule has 2 rings (SSSR count). The average Bonchev–Trinajstić information content (AvgIpc) is 2.27. The highest BCUT2D eigenvalue weighted by molar-refractivity contribution is 7.90. The van der Waals surface area contributed by atoms with E-state index in [1.807, 2.05) is 52.0 Å². The quantitative estimate of drug-likeness (QED) is 0.838. The van der Waals surface area contributed by atoms with E-state index in [-0.39, 0.29) is 16.9 Å². The molecule has 0 fully saturated rings. The van der Waals surface area contributed by atoms with Crippen LogP contribution in [-0.4, -0.2) is 15.4 Å². The molecule has 0 spiro atoms. The van der Waals surface area contributed by atoms with Gasteiger partial charge in [0.2, 0.25) is 0 Å².